The number of nitrogens with zero attached hydrogens (tertiary/aromatic N) is 2. The van der Waals surface area contributed by atoms with Crippen molar-refractivity contribution in [1.29, 1.82) is 0 Å². The van der Waals surface area contributed by atoms with Gasteiger partial charge in [-0.3, -0.25) is 0 Å². The Bertz CT molecular complexity index is 3190. The molecule has 0 fully saturated rings. The Hall–Kier alpha value is -7.16. The summed E-state index contributed by atoms with van der Waals surface area (Å²) in [6.45, 7) is 4.70. The summed E-state index contributed by atoms with van der Waals surface area (Å²) in [5.41, 5.74) is 15.0. The van der Waals surface area contributed by atoms with Crippen LogP contribution in [0.2, 0.25) is 0 Å². The van der Waals surface area contributed by atoms with Gasteiger partial charge in [-0.2, -0.15) is 0 Å². The lowest BCUT2D eigenvalue weighted by Crippen LogP contribution is -2.14. The standard InChI is InChI=1S/C55H38N2/c1-55(2)49-25-13-24-47(53(49)48-32-39-17-6-7-18-40(39)33-50(48)55)52-34-51(56-54(57-52)38-15-4-3-5-16-38)46-31-30-43(44-21-10-11-22-45(44)46)37-28-26-36(27-29-37)42-23-12-19-35-14-8-9-20-41(35)42/h3-34H,1-2H3. The Labute approximate surface area is 332 Å². The molecule has 0 radical (unpaired) electrons. The van der Waals surface area contributed by atoms with Gasteiger partial charge in [-0.15, -0.1) is 0 Å². The first kappa shape index (κ1) is 33.2. The molecule has 10 aromatic rings. The van der Waals surface area contributed by atoms with Crippen molar-refractivity contribution < 1.29 is 0 Å². The molecule has 9 aromatic carbocycles. The highest BCUT2D eigenvalue weighted by Gasteiger charge is 2.37. The molecule has 2 nitrogen and oxygen atoms in total. The number of aromatic nitrogens is 2. The molecule has 1 aliphatic rings. The van der Waals surface area contributed by atoms with E-state index in [1.54, 1.807) is 0 Å². The SMILES string of the molecule is CC1(C)c2cc3ccccc3cc2-c2c(-c3cc(-c4ccc(-c5ccc(-c6cccc7ccccc67)cc5)c5ccccc45)nc(-c4ccccc4)n3)cccc21. The third kappa shape index (κ3) is 5.40. The van der Waals surface area contributed by atoms with Crippen molar-refractivity contribution in [3.8, 4) is 67.3 Å². The van der Waals surface area contributed by atoms with Gasteiger partial charge in [-0.05, 0) is 95.0 Å². The highest BCUT2D eigenvalue weighted by Crippen LogP contribution is 2.53. The van der Waals surface area contributed by atoms with Gasteiger partial charge >= 0.3 is 0 Å². The van der Waals surface area contributed by atoms with Gasteiger partial charge in [0.15, 0.2) is 5.82 Å². The highest BCUT2D eigenvalue weighted by molar-refractivity contribution is 6.06. The van der Waals surface area contributed by atoms with Crippen LogP contribution in [0.1, 0.15) is 25.0 Å². The van der Waals surface area contributed by atoms with E-state index in [1.165, 1.54) is 71.4 Å². The quantitative estimate of drug-likeness (QED) is 0.176. The lowest BCUT2D eigenvalue weighted by molar-refractivity contribution is 0.661. The summed E-state index contributed by atoms with van der Waals surface area (Å²) in [6.07, 6.45) is 0. The third-order valence-electron chi connectivity index (χ3n) is 12.1. The number of rotatable bonds is 5. The Morgan fingerprint density at radius 3 is 1.60 bits per heavy atom. The van der Waals surface area contributed by atoms with Crippen LogP contribution in [-0.2, 0) is 5.41 Å². The van der Waals surface area contributed by atoms with Crippen LogP contribution in [0.5, 0.6) is 0 Å². The summed E-state index contributed by atoms with van der Waals surface area (Å²) in [5, 5.41) is 7.39. The van der Waals surface area contributed by atoms with E-state index in [0.29, 0.717) is 5.82 Å². The fourth-order valence-electron chi connectivity index (χ4n) is 9.21. The van der Waals surface area contributed by atoms with E-state index in [-0.39, 0.29) is 5.41 Å². The van der Waals surface area contributed by atoms with Crippen molar-refractivity contribution in [2.24, 2.45) is 0 Å². The Morgan fingerprint density at radius 1 is 0.333 bits per heavy atom. The molecule has 1 aromatic heterocycles. The maximum atomic E-state index is 5.35. The molecule has 0 bridgehead atoms. The molecule has 0 N–H and O–H groups in total. The van der Waals surface area contributed by atoms with Gasteiger partial charge in [0, 0.05) is 22.1 Å². The average Bonchev–Trinajstić information content (AvgIpc) is 3.50. The third-order valence-corrected chi connectivity index (χ3v) is 12.1. The smallest absolute Gasteiger partial charge is 0.160 e. The molecule has 1 heterocycles. The van der Waals surface area contributed by atoms with E-state index in [4.69, 9.17) is 9.97 Å². The maximum absolute atomic E-state index is 5.35. The second-order valence-corrected chi connectivity index (χ2v) is 15.7. The fourth-order valence-corrected chi connectivity index (χ4v) is 9.21. The summed E-state index contributed by atoms with van der Waals surface area (Å²) in [7, 11) is 0. The van der Waals surface area contributed by atoms with Crippen LogP contribution in [0, 0.1) is 0 Å². The highest BCUT2D eigenvalue weighted by atomic mass is 14.9. The molecule has 0 amide bonds. The molecule has 0 saturated heterocycles. The van der Waals surface area contributed by atoms with E-state index in [1.807, 2.05) is 6.07 Å². The molecular weight excluding hydrogens is 689 g/mol. The molecule has 268 valence electrons. The zero-order chi connectivity index (χ0) is 38.1. The van der Waals surface area contributed by atoms with Gasteiger partial charge in [0.2, 0.25) is 0 Å². The minimum absolute atomic E-state index is 0.151. The van der Waals surface area contributed by atoms with Gasteiger partial charge in [0.1, 0.15) is 0 Å². The second kappa shape index (κ2) is 13.0. The summed E-state index contributed by atoms with van der Waals surface area (Å²) in [6, 6.07) is 70.2. The zero-order valence-electron chi connectivity index (χ0n) is 31.9. The summed E-state index contributed by atoms with van der Waals surface area (Å²) >= 11 is 0. The molecule has 0 saturated carbocycles. The molecule has 0 aliphatic heterocycles. The molecule has 1 aliphatic carbocycles. The van der Waals surface area contributed by atoms with Gasteiger partial charge in [0.05, 0.1) is 11.4 Å². The van der Waals surface area contributed by atoms with Crippen molar-refractivity contribution in [3.05, 3.63) is 205 Å². The second-order valence-electron chi connectivity index (χ2n) is 15.7. The average molecular weight is 727 g/mol. The topological polar surface area (TPSA) is 25.8 Å². The molecule has 2 heteroatoms. The molecule has 57 heavy (non-hydrogen) atoms. The van der Waals surface area contributed by atoms with Crippen LogP contribution >= 0.6 is 0 Å². The van der Waals surface area contributed by atoms with Crippen molar-refractivity contribution in [2.75, 3.05) is 0 Å². The molecule has 0 atom stereocenters. The number of fused-ring (bicyclic) bond motifs is 6. The minimum Gasteiger partial charge on any atom is -0.228 e. The van der Waals surface area contributed by atoms with Crippen molar-refractivity contribution in [2.45, 2.75) is 19.3 Å². The van der Waals surface area contributed by atoms with Crippen LogP contribution in [0.25, 0.3) is 99.6 Å². The first-order valence-electron chi connectivity index (χ1n) is 19.7. The lowest BCUT2D eigenvalue weighted by Gasteiger charge is -2.22. The molecule has 0 spiro atoms. The first-order chi connectivity index (χ1) is 28.0. The number of benzene rings is 9. The predicted octanol–water partition coefficient (Wildman–Crippen LogP) is 14.6. The Balaban J connectivity index is 1.07. The van der Waals surface area contributed by atoms with Crippen LogP contribution in [0.3, 0.4) is 0 Å². The van der Waals surface area contributed by atoms with Crippen LogP contribution in [0.4, 0.5) is 0 Å². The van der Waals surface area contributed by atoms with E-state index in [2.05, 4.69) is 202 Å². The first-order valence-corrected chi connectivity index (χ1v) is 19.7. The fraction of sp³-hybridized carbons (Fsp3) is 0.0545. The van der Waals surface area contributed by atoms with Gasteiger partial charge in [-0.1, -0.05) is 190 Å². The molecule has 11 rings (SSSR count). The van der Waals surface area contributed by atoms with Crippen molar-refractivity contribution in [1.82, 2.24) is 9.97 Å². The zero-order valence-corrected chi connectivity index (χ0v) is 31.9. The summed E-state index contributed by atoms with van der Waals surface area (Å²) in [5.74, 6) is 0.717. The monoisotopic (exact) mass is 726 g/mol. The summed E-state index contributed by atoms with van der Waals surface area (Å²) < 4.78 is 0. The number of hydrogen-bond acceptors (Lipinski definition) is 2. The van der Waals surface area contributed by atoms with Gasteiger partial charge in [-0.25, -0.2) is 9.97 Å². The normalized spacial score (nSPS) is 12.9. The summed E-state index contributed by atoms with van der Waals surface area (Å²) in [4.78, 5) is 10.7. The number of hydrogen-bond donors (Lipinski definition) is 0. The van der Waals surface area contributed by atoms with Crippen LogP contribution in [-0.4, -0.2) is 9.97 Å². The van der Waals surface area contributed by atoms with Crippen LogP contribution in [0.15, 0.2) is 194 Å². The lowest BCUT2D eigenvalue weighted by atomic mass is 9.81. The van der Waals surface area contributed by atoms with Crippen molar-refractivity contribution in [3.63, 3.8) is 0 Å². The Morgan fingerprint density at radius 2 is 0.860 bits per heavy atom. The van der Waals surface area contributed by atoms with Crippen LogP contribution < -0.4 is 0 Å². The molecular formula is C55H38N2. The van der Waals surface area contributed by atoms with Gasteiger partial charge in [0.25, 0.3) is 0 Å². The molecule has 0 unspecified atom stereocenters. The van der Waals surface area contributed by atoms with E-state index in [0.717, 1.165) is 33.5 Å². The van der Waals surface area contributed by atoms with Crippen molar-refractivity contribution >= 4 is 32.3 Å². The predicted molar refractivity (Wildman–Crippen MR) is 239 cm³/mol. The van der Waals surface area contributed by atoms with E-state index >= 15 is 0 Å². The van der Waals surface area contributed by atoms with E-state index < -0.39 is 0 Å². The maximum Gasteiger partial charge on any atom is 0.160 e. The largest absolute Gasteiger partial charge is 0.228 e. The van der Waals surface area contributed by atoms with E-state index in [9.17, 15) is 0 Å². The van der Waals surface area contributed by atoms with Gasteiger partial charge < -0.3 is 0 Å². The Kier molecular flexibility index (Phi) is 7.55. The minimum atomic E-state index is -0.151.